The minimum atomic E-state index is 0.207. The minimum absolute atomic E-state index is 0.207. The maximum absolute atomic E-state index is 12.0. The summed E-state index contributed by atoms with van der Waals surface area (Å²) in [6, 6.07) is 6.27. The van der Waals surface area contributed by atoms with Crippen LogP contribution in [0.5, 0.6) is 5.75 Å². The lowest BCUT2D eigenvalue weighted by Crippen LogP contribution is -2.20. The van der Waals surface area contributed by atoms with Crippen LogP contribution in [-0.2, 0) is 0 Å². The van der Waals surface area contributed by atoms with E-state index in [2.05, 4.69) is 5.32 Å². The second-order valence-electron chi connectivity index (χ2n) is 4.58. The molecule has 17 heavy (non-hydrogen) atoms. The topological polar surface area (TPSA) is 38.3 Å². The summed E-state index contributed by atoms with van der Waals surface area (Å²) in [6.07, 6.45) is 3.09. The molecule has 92 valence electrons. The van der Waals surface area contributed by atoms with Crippen LogP contribution in [0.1, 0.15) is 35.2 Å². The van der Waals surface area contributed by atoms with E-state index in [0.29, 0.717) is 12.5 Å². The highest BCUT2D eigenvalue weighted by molar-refractivity contribution is 5.97. The SMILES string of the molecule is COc1ccc(C(=O)CCNC2CC2)c(C)c1. The van der Waals surface area contributed by atoms with Gasteiger partial charge in [0, 0.05) is 24.6 Å². The van der Waals surface area contributed by atoms with Gasteiger partial charge in [0.15, 0.2) is 5.78 Å². The van der Waals surface area contributed by atoms with E-state index >= 15 is 0 Å². The number of ether oxygens (including phenoxy) is 1. The van der Waals surface area contributed by atoms with E-state index in [0.717, 1.165) is 23.4 Å². The molecule has 2 rings (SSSR count). The highest BCUT2D eigenvalue weighted by Crippen LogP contribution is 2.20. The van der Waals surface area contributed by atoms with Crippen LogP contribution in [0.4, 0.5) is 0 Å². The van der Waals surface area contributed by atoms with Gasteiger partial charge in [-0.1, -0.05) is 0 Å². The molecule has 1 aromatic rings. The first kappa shape index (κ1) is 12.1. The Morgan fingerprint density at radius 1 is 1.47 bits per heavy atom. The van der Waals surface area contributed by atoms with Crippen LogP contribution < -0.4 is 10.1 Å². The van der Waals surface area contributed by atoms with Crippen molar-refractivity contribution in [3.05, 3.63) is 29.3 Å². The molecule has 0 bridgehead atoms. The van der Waals surface area contributed by atoms with E-state index in [4.69, 9.17) is 4.74 Å². The number of hydrogen-bond donors (Lipinski definition) is 1. The summed E-state index contributed by atoms with van der Waals surface area (Å²) in [5.41, 5.74) is 1.80. The van der Waals surface area contributed by atoms with Gasteiger partial charge in [0.05, 0.1) is 7.11 Å². The van der Waals surface area contributed by atoms with Crippen molar-refractivity contribution in [1.82, 2.24) is 5.32 Å². The monoisotopic (exact) mass is 233 g/mol. The third kappa shape index (κ3) is 3.30. The Balaban J connectivity index is 1.92. The zero-order valence-electron chi connectivity index (χ0n) is 10.5. The number of carbonyl (C=O) groups is 1. The molecule has 0 aliphatic heterocycles. The highest BCUT2D eigenvalue weighted by Gasteiger charge is 2.20. The summed E-state index contributed by atoms with van der Waals surface area (Å²) in [5.74, 6) is 1.01. The van der Waals surface area contributed by atoms with Crippen LogP contribution in [0.15, 0.2) is 18.2 Å². The Kier molecular flexibility index (Phi) is 3.79. The molecule has 0 unspecified atom stereocenters. The molecular formula is C14H19NO2. The lowest BCUT2D eigenvalue weighted by atomic mass is 10.0. The molecule has 3 nitrogen and oxygen atoms in total. The van der Waals surface area contributed by atoms with Crippen molar-refractivity contribution in [2.75, 3.05) is 13.7 Å². The lowest BCUT2D eigenvalue weighted by molar-refractivity contribution is 0.0982. The van der Waals surface area contributed by atoms with Crippen LogP contribution in [0.3, 0.4) is 0 Å². The van der Waals surface area contributed by atoms with Gasteiger partial charge in [-0.25, -0.2) is 0 Å². The first-order valence-corrected chi connectivity index (χ1v) is 6.12. The Morgan fingerprint density at radius 2 is 2.24 bits per heavy atom. The molecule has 0 aromatic heterocycles. The number of benzene rings is 1. The van der Waals surface area contributed by atoms with E-state index < -0.39 is 0 Å². The van der Waals surface area contributed by atoms with Gasteiger partial charge in [-0.3, -0.25) is 4.79 Å². The minimum Gasteiger partial charge on any atom is -0.497 e. The van der Waals surface area contributed by atoms with Crippen LogP contribution in [0, 0.1) is 6.92 Å². The van der Waals surface area contributed by atoms with Gasteiger partial charge in [0.1, 0.15) is 5.75 Å². The Bertz CT molecular complexity index is 411. The van der Waals surface area contributed by atoms with Crippen molar-refractivity contribution in [3.63, 3.8) is 0 Å². The summed E-state index contributed by atoms with van der Waals surface area (Å²) in [4.78, 5) is 12.0. The number of Topliss-reactive ketones (excluding diaryl/α,β-unsaturated/α-hetero) is 1. The third-order valence-electron chi connectivity index (χ3n) is 3.10. The molecule has 1 fully saturated rings. The highest BCUT2D eigenvalue weighted by atomic mass is 16.5. The molecule has 1 N–H and O–H groups in total. The zero-order chi connectivity index (χ0) is 12.3. The fourth-order valence-electron chi connectivity index (χ4n) is 1.89. The molecule has 0 amide bonds. The van der Waals surface area contributed by atoms with Crippen LogP contribution in [-0.4, -0.2) is 25.5 Å². The van der Waals surface area contributed by atoms with Gasteiger partial charge in [-0.2, -0.15) is 0 Å². The lowest BCUT2D eigenvalue weighted by Gasteiger charge is -2.07. The van der Waals surface area contributed by atoms with Gasteiger partial charge in [-0.15, -0.1) is 0 Å². The van der Waals surface area contributed by atoms with Crippen molar-refractivity contribution in [3.8, 4) is 5.75 Å². The maximum Gasteiger partial charge on any atom is 0.164 e. The molecule has 0 atom stereocenters. The Labute approximate surface area is 102 Å². The van der Waals surface area contributed by atoms with Crippen LogP contribution in [0.2, 0.25) is 0 Å². The van der Waals surface area contributed by atoms with Crippen molar-refractivity contribution in [2.24, 2.45) is 0 Å². The van der Waals surface area contributed by atoms with Gasteiger partial charge < -0.3 is 10.1 Å². The predicted octanol–water partition coefficient (Wildman–Crippen LogP) is 2.33. The van der Waals surface area contributed by atoms with Gasteiger partial charge in [0.25, 0.3) is 0 Å². The fraction of sp³-hybridized carbons (Fsp3) is 0.500. The maximum atomic E-state index is 12.0. The molecule has 3 heteroatoms. The standard InChI is InChI=1S/C14H19NO2/c1-10-9-12(17-2)5-6-13(10)14(16)7-8-15-11-3-4-11/h5-6,9,11,15H,3-4,7-8H2,1-2H3. The third-order valence-corrected chi connectivity index (χ3v) is 3.10. The quantitative estimate of drug-likeness (QED) is 0.766. The summed E-state index contributed by atoms with van der Waals surface area (Å²) >= 11 is 0. The van der Waals surface area contributed by atoms with E-state index in [9.17, 15) is 4.79 Å². The van der Waals surface area contributed by atoms with E-state index in [-0.39, 0.29) is 5.78 Å². The molecule has 1 aliphatic rings. The summed E-state index contributed by atoms with van der Waals surface area (Å²) < 4.78 is 5.13. The number of rotatable bonds is 6. The Morgan fingerprint density at radius 3 is 2.82 bits per heavy atom. The van der Waals surface area contributed by atoms with Crippen molar-refractivity contribution < 1.29 is 9.53 Å². The number of ketones is 1. The first-order chi connectivity index (χ1) is 8.20. The van der Waals surface area contributed by atoms with Crippen LogP contribution >= 0.6 is 0 Å². The summed E-state index contributed by atoms with van der Waals surface area (Å²) in [7, 11) is 1.63. The average Bonchev–Trinajstić information content (AvgIpc) is 3.12. The van der Waals surface area contributed by atoms with E-state index in [1.807, 2.05) is 25.1 Å². The number of hydrogen-bond acceptors (Lipinski definition) is 3. The second kappa shape index (κ2) is 5.32. The van der Waals surface area contributed by atoms with Crippen LogP contribution in [0.25, 0.3) is 0 Å². The molecule has 1 aromatic carbocycles. The molecule has 1 saturated carbocycles. The largest absolute Gasteiger partial charge is 0.497 e. The second-order valence-corrected chi connectivity index (χ2v) is 4.58. The molecule has 0 radical (unpaired) electrons. The van der Waals surface area contributed by atoms with Gasteiger partial charge in [-0.05, 0) is 43.5 Å². The molecular weight excluding hydrogens is 214 g/mol. The predicted molar refractivity (Wildman–Crippen MR) is 67.7 cm³/mol. The van der Waals surface area contributed by atoms with E-state index in [1.165, 1.54) is 12.8 Å². The molecule has 0 spiro atoms. The number of nitrogens with one attached hydrogen (secondary N) is 1. The smallest absolute Gasteiger partial charge is 0.164 e. The summed E-state index contributed by atoms with van der Waals surface area (Å²) in [6.45, 7) is 2.74. The fourth-order valence-corrected chi connectivity index (χ4v) is 1.89. The van der Waals surface area contributed by atoms with Gasteiger partial charge in [0.2, 0.25) is 0 Å². The van der Waals surface area contributed by atoms with Crippen molar-refractivity contribution in [1.29, 1.82) is 0 Å². The van der Waals surface area contributed by atoms with Crippen molar-refractivity contribution in [2.45, 2.75) is 32.2 Å². The molecule has 0 saturated heterocycles. The first-order valence-electron chi connectivity index (χ1n) is 6.12. The van der Waals surface area contributed by atoms with Crippen molar-refractivity contribution >= 4 is 5.78 Å². The van der Waals surface area contributed by atoms with Gasteiger partial charge >= 0.3 is 0 Å². The normalized spacial score (nSPS) is 14.7. The molecule has 1 aliphatic carbocycles. The number of methoxy groups -OCH3 is 1. The van der Waals surface area contributed by atoms with E-state index in [1.54, 1.807) is 7.11 Å². The number of aryl methyl sites for hydroxylation is 1. The zero-order valence-corrected chi connectivity index (χ0v) is 10.5. The average molecular weight is 233 g/mol. The number of carbonyl (C=O) groups excluding carboxylic acids is 1. The molecule has 0 heterocycles. The Hall–Kier alpha value is -1.35. The summed E-state index contributed by atoms with van der Waals surface area (Å²) in [5, 5.41) is 3.35.